The minimum atomic E-state index is -3.17. The zero-order valence-electron chi connectivity index (χ0n) is 14.7. The molecule has 6 nitrogen and oxygen atoms in total. The van der Waals surface area contributed by atoms with Gasteiger partial charge in [-0.15, -0.1) is 0 Å². The first-order valence-corrected chi connectivity index (χ1v) is 10.7. The van der Waals surface area contributed by atoms with E-state index in [9.17, 15) is 13.2 Å². The summed E-state index contributed by atoms with van der Waals surface area (Å²) in [6, 6.07) is 9.67. The van der Waals surface area contributed by atoms with Crippen molar-refractivity contribution in [3.05, 3.63) is 35.9 Å². The van der Waals surface area contributed by atoms with Gasteiger partial charge in [0, 0.05) is 13.1 Å². The van der Waals surface area contributed by atoms with Gasteiger partial charge in [0.05, 0.1) is 17.5 Å². The van der Waals surface area contributed by atoms with Crippen LogP contribution in [0.4, 0.5) is 0 Å². The number of benzene rings is 1. The highest BCUT2D eigenvalue weighted by atomic mass is 32.2. The highest BCUT2D eigenvalue weighted by Crippen LogP contribution is 2.27. The second kappa shape index (κ2) is 7.43. The predicted molar refractivity (Wildman–Crippen MR) is 97.4 cm³/mol. The molecule has 1 aromatic rings. The normalized spacial score (nSPS) is 23.7. The van der Waals surface area contributed by atoms with Gasteiger partial charge < -0.3 is 5.32 Å². The Balaban J connectivity index is 1.59. The van der Waals surface area contributed by atoms with Gasteiger partial charge >= 0.3 is 0 Å². The molecule has 2 aliphatic rings. The summed E-state index contributed by atoms with van der Waals surface area (Å²) in [4.78, 5) is 12.4. The molecule has 2 saturated heterocycles. The fourth-order valence-corrected chi connectivity index (χ4v) is 5.27. The third-order valence-corrected chi connectivity index (χ3v) is 7.09. The van der Waals surface area contributed by atoms with Crippen molar-refractivity contribution in [1.82, 2.24) is 14.9 Å². The number of unbranched alkanes of at least 4 members (excludes halogenated alkanes) is 1. The topological polar surface area (TPSA) is 78.5 Å². The van der Waals surface area contributed by atoms with E-state index in [0.717, 1.165) is 12.0 Å². The van der Waals surface area contributed by atoms with Crippen molar-refractivity contribution in [3.63, 3.8) is 0 Å². The van der Waals surface area contributed by atoms with Crippen molar-refractivity contribution in [2.45, 2.75) is 50.7 Å². The molecule has 1 atom stereocenters. The molecule has 1 aromatic carbocycles. The number of nitrogens with zero attached hydrogens (tertiary/aromatic N) is 1. The van der Waals surface area contributed by atoms with E-state index >= 15 is 0 Å². The van der Waals surface area contributed by atoms with Crippen LogP contribution < -0.4 is 10.6 Å². The first-order valence-electron chi connectivity index (χ1n) is 9.06. The largest absolute Gasteiger partial charge is 0.337 e. The van der Waals surface area contributed by atoms with Crippen LogP contribution in [-0.2, 0) is 21.2 Å². The van der Waals surface area contributed by atoms with Gasteiger partial charge in [-0.3, -0.25) is 10.1 Å². The molecule has 7 heteroatoms. The van der Waals surface area contributed by atoms with Crippen LogP contribution in [0, 0.1) is 0 Å². The van der Waals surface area contributed by atoms with Crippen LogP contribution in [-0.4, -0.2) is 49.2 Å². The van der Waals surface area contributed by atoms with Crippen molar-refractivity contribution in [1.29, 1.82) is 0 Å². The molecule has 0 bridgehead atoms. The molecule has 138 valence electrons. The molecular weight excluding hydrogens is 338 g/mol. The van der Waals surface area contributed by atoms with Crippen LogP contribution in [0.15, 0.2) is 30.3 Å². The summed E-state index contributed by atoms with van der Waals surface area (Å²) in [6.07, 6.45) is 3.42. The van der Waals surface area contributed by atoms with Gasteiger partial charge in [-0.2, -0.15) is 0 Å². The number of nitrogens with one attached hydrogen (secondary N) is 2. The van der Waals surface area contributed by atoms with E-state index < -0.39 is 15.7 Å². The van der Waals surface area contributed by atoms with Crippen LogP contribution in [0.5, 0.6) is 0 Å². The first-order chi connectivity index (χ1) is 11.9. The Morgan fingerprint density at radius 2 is 1.88 bits per heavy atom. The lowest BCUT2D eigenvalue weighted by Gasteiger charge is -2.38. The molecule has 25 heavy (non-hydrogen) atoms. The number of rotatable bonds is 6. The number of carbonyl (C=O) groups is 1. The summed E-state index contributed by atoms with van der Waals surface area (Å²) in [5.74, 6) is 0.221. The molecule has 3 rings (SSSR count). The Bertz CT molecular complexity index is 698. The summed E-state index contributed by atoms with van der Waals surface area (Å²) in [6.45, 7) is 2.90. The van der Waals surface area contributed by atoms with Gasteiger partial charge in [-0.25, -0.2) is 12.7 Å². The van der Waals surface area contributed by atoms with E-state index in [4.69, 9.17) is 0 Å². The molecule has 1 amide bonds. The van der Waals surface area contributed by atoms with Crippen molar-refractivity contribution in [2.75, 3.05) is 18.8 Å². The van der Waals surface area contributed by atoms with Gasteiger partial charge in [-0.1, -0.05) is 43.7 Å². The minimum absolute atomic E-state index is 0.00569. The molecular formula is C18H27N3O3S. The monoisotopic (exact) mass is 365 g/mol. The second-order valence-electron chi connectivity index (χ2n) is 7.03. The minimum Gasteiger partial charge on any atom is -0.337 e. The summed E-state index contributed by atoms with van der Waals surface area (Å²) >= 11 is 0. The lowest BCUT2D eigenvalue weighted by molar-refractivity contribution is -0.121. The molecule has 2 aliphatic heterocycles. The average molecular weight is 365 g/mol. The van der Waals surface area contributed by atoms with E-state index in [0.29, 0.717) is 38.8 Å². The second-order valence-corrected chi connectivity index (χ2v) is 9.12. The quantitative estimate of drug-likeness (QED) is 0.795. The van der Waals surface area contributed by atoms with Crippen LogP contribution >= 0.6 is 0 Å². The number of sulfonamides is 1. The van der Waals surface area contributed by atoms with E-state index in [1.807, 2.05) is 37.3 Å². The van der Waals surface area contributed by atoms with Crippen molar-refractivity contribution >= 4 is 15.9 Å². The first kappa shape index (κ1) is 18.4. The predicted octanol–water partition coefficient (Wildman–Crippen LogP) is 1.24. The van der Waals surface area contributed by atoms with Crippen LogP contribution in [0.25, 0.3) is 0 Å². The molecule has 1 spiro atoms. The van der Waals surface area contributed by atoms with Crippen molar-refractivity contribution in [3.8, 4) is 0 Å². The van der Waals surface area contributed by atoms with Gasteiger partial charge in [0.15, 0.2) is 0 Å². The highest BCUT2D eigenvalue weighted by molar-refractivity contribution is 7.89. The Labute approximate surface area is 150 Å². The number of carbonyl (C=O) groups excluding carboxylic acids is 1. The van der Waals surface area contributed by atoms with E-state index in [1.165, 1.54) is 0 Å². The number of piperidine rings is 1. The lowest BCUT2D eigenvalue weighted by atomic mass is 9.99. The summed E-state index contributed by atoms with van der Waals surface area (Å²) < 4.78 is 26.2. The molecule has 2 N–H and O–H groups in total. The molecule has 2 heterocycles. The number of amides is 1. The van der Waals surface area contributed by atoms with Crippen LogP contribution in [0.1, 0.15) is 38.2 Å². The smallest absolute Gasteiger partial charge is 0.238 e. The number of hydrogen-bond donors (Lipinski definition) is 2. The van der Waals surface area contributed by atoms with Gasteiger partial charge in [-0.05, 0) is 31.2 Å². The molecule has 0 aliphatic carbocycles. The third kappa shape index (κ3) is 4.22. The zero-order chi connectivity index (χ0) is 17.9. The van der Waals surface area contributed by atoms with Crippen LogP contribution in [0.2, 0.25) is 0 Å². The van der Waals surface area contributed by atoms with Gasteiger partial charge in [0.2, 0.25) is 15.9 Å². The van der Waals surface area contributed by atoms with E-state index in [-0.39, 0.29) is 17.7 Å². The molecule has 1 unspecified atom stereocenters. The van der Waals surface area contributed by atoms with E-state index in [2.05, 4.69) is 10.6 Å². The maximum Gasteiger partial charge on any atom is 0.238 e. The van der Waals surface area contributed by atoms with Crippen molar-refractivity contribution in [2.24, 2.45) is 0 Å². The van der Waals surface area contributed by atoms with Crippen LogP contribution in [0.3, 0.4) is 0 Å². The van der Waals surface area contributed by atoms with E-state index in [1.54, 1.807) is 4.31 Å². The Morgan fingerprint density at radius 1 is 1.20 bits per heavy atom. The maximum absolute atomic E-state index is 12.4. The Kier molecular flexibility index (Phi) is 5.46. The summed E-state index contributed by atoms with van der Waals surface area (Å²) in [5, 5.41) is 6.52. The highest BCUT2D eigenvalue weighted by Gasteiger charge is 2.46. The van der Waals surface area contributed by atoms with Gasteiger partial charge in [0.25, 0.3) is 0 Å². The molecule has 0 saturated carbocycles. The molecule has 0 aromatic heterocycles. The Morgan fingerprint density at radius 3 is 2.52 bits per heavy atom. The van der Waals surface area contributed by atoms with Gasteiger partial charge in [0.1, 0.15) is 0 Å². The fourth-order valence-electron chi connectivity index (χ4n) is 3.62. The standard InChI is InChI=1S/C18H27N3O3S/c1-2-3-13-25(23,24)21-11-9-18(10-12-21)19-16(17(22)20-18)14-15-7-5-4-6-8-15/h4-8,16,19H,2-3,9-14H2,1H3,(H,20,22). The lowest BCUT2D eigenvalue weighted by Crippen LogP contribution is -2.58. The molecule has 2 fully saturated rings. The zero-order valence-corrected chi connectivity index (χ0v) is 15.5. The van der Waals surface area contributed by atoms with Crippen molar-refractivity contribution < 1.29 is 13.2 Å². The summed E-state index contributed by atoms with van der Waals surface area (Å²) in [5.41, 5.74) is 0.652. The summed E-state index contributed by atoms with van der Waals surface area (Å²) in [7, 11) is -3.17. The maximum atomic E-state index is 12.4. The Hall–Kier alpha value is -1.44. The number of hydrogen-bond acceptors (Lipinski definition) is 4. The SMILES string of the molecule is CCCCS(=O)(=O)N1CCC2(CC1)NC(=O)C(Cc1ccccc1)N2. The molecule has 0 radical (unpaired) electrons. The average Bonchev–Trinajstić information content (AvgIpc) is 2.89. The fraction of sp³-hybridized carbons (Fsp3) is 0.611. The third-order valence-electron chi connectivity index (χ3n) is 5.14.